The Balaban J connectivity index is 1.65. The van der Waals surface area contributed by atoms with Gasteiger partial charge in [-0.15, -0.1) is 0 Å². The van der Waals surface area contributed by atoms with Crippen LogP contribution in [0.5, 0.6) is 0 Å². The van der Waals surface area contributed by atoms with Gasteiger partial charge in [0.1, 0.15) is 11.5 Å². The average molecular weight is 410 g/mol. The van der Waals surface area contributed by atoms with Crippen LogP contribution in [-0.2, 0) is 12.8 Å². The second kappa shape index (κ2) is 7.99. The molecule has 0 bridgehead atoms. The number of hydrogen-bond acceptors (Lipinski definition) is 3. The van der Waals surface area contributed by atoms with Crippen molar-refractivity contribution in [3.8, 4) is 17.1 Å². The van der Waals surface area contributed by atoms with Crippen LogP contribution in [-0.4, -0.2) is 19.5 Å². The Morgan fingerprint density at radius 1 is 0.903 bits per heavy atom. The molecule has 31 heavy (non-hydrogen) atoms. The molecule has 0 fully saturated rings. The molecule has 5 rings (SSSR count). The molecule has 0 aliphatic carbocycles. The van der Waals surface area contributed by atoms with E-state index in [-0.39, 0.29) is 12.0 Å². The predicted molar refractivity (Wildman–Crippen MR) is 117 cm³/mol. The molecule has 0 radical (unpaired) electrons. The van der Waals surface area contributed by atoms with E-state index >= 15 is 0 Å². The third-order valence-electron chi connectivity index (χ3n) is 5.19. The molecule has 2 aromatic carbocycles. The number of aromatic amines is 1. The van der Waals surface area contributed by atoms with Crippen LogP contribution in [0.1, 0.15) is 22.5 Å². The van der Waals surface area contributed by atoms with Crippen LogP contribution >= 0.6 is 0 Å². The number of pyridine rings is 1. The van der Waals surface area contributed by atoms with E-state index < -0.39 is 5.82 Å². The lowest BCUT2D eigenvalue weighted by atomic mass is 10.1. The zero-order chi connectivity index (χ0) is 21.2. The Labute approximate surface area is 178 Å². The van der Waals surface area contributed by atoms with Crippen LogP contribution in [0, 0.1) is 5.82 Å². The van der Waals surface area contributed by atoms with Crippen LogP contribution in [0.2, 0.25) is 0 Å². The van der Waals surface area contributed by atoms with Crippen molar-refractivity contribution in [2.24, 2.45) is 0 Å². The van der Waals surface area contributed by atoms with E-state index in [1.165, 1.54) is 6.07 Å². The fourth-order valence-corrected chi connectivity index (χ4v) is 3.73. The highest BCUT2D eigenvalue weighted by Crippen LogP contribution is 2.23. The first-order valence-corrected chi connectivity index (χ1v) is 9.99. The van der Waals surface area contributed by atoms with Gasteiger partial charge in [0.15, 0.2) is 5.82 Å². The van der Waals surface area contributed by atoms with Crippen molar-refractivity contribution in [3.05, 3.63) is 124 Å². The van der Waals surface area contributed by atoms with E-state index in [4.69, 9.17) is 0 Å². The van der Waals surface area contributed by atoms with Gasteiger partial charge in [-0.25, -0.2) is 9.37 Å². The molecule has 0 atom stereocenters. The van der Waals surface area contributed by atoms with Gasteiger partial charge < -0.3 is 4.98 Å². The van der Waals surface area contributed by atoms with Gasteiger partial charge >= 0.3 is 0 Å². The Kier molecular flexibility index (Phi) is 4.88. The Morgan fingerprint density at radius 2 is 1.65 bits per heavy atom. The molecule has 152 valence electrons. The molecular formula is C25H19FN4O. The summed E-state index contributed by atoms with van der Waals surface area (Å²) in [6.07, 6.45) is 5.30. The van der Waals surface area contributed by atoms with E-state index in [0.717, 1.165) is 28.7 Å². The maximum atomic E-state index is 13.6. The SMILES string of the molecule is O=c1c(Cc2cncc(F)c2)nc2c(Cc3ccccc3)[nH]c(-c3ccccc3)cn1-2. The molecule has 3 aromatic rings. The summed E-state index contributed by atoms with van der Waals surface area (Å²) in [5.74, 6) is 0.145. The van der Waals surface area contributed by atoms with Gasteiger partial charge in [0.25, 0.3) is 5.56 Å². The van der Waals surface area contributed by atoms with E-state index in [1.807, 2.05) is 60.7 Å². The number of benzene rings is 2. The van der Waals surface area contributed by atoms with E-state index in [9.17, 15) is 9.18 Å². The van der Waals surface area contributed by atoms with E-state index in [1.54, 1.807) is 17.0 Å². The minimum atomic E-state index is -0.432. The zero-order valence-electron chi connectivity index (χ0n) is 16.6. The molecule has 1 N–H and O–H groups in total. The molecule has 3 heterocycles. The summed E-state index contributed by atoms with van der Waals surface area (Å²) < 4.78 is 15.1. The van der Waals surface area contributed by atoms with Gasteiger partial charge in [0.05, 0.1) is 17.6 Å². The van der Waals surface area contributed by atoms with Crippen molar-refractivity contribution in [1.29, 1.82) is 0 Å². The highest BCUT2D eigenvalue weighted by molar-refractivity contribution is 5.60. The first kappa shape index (κ1) is 18.9. The summed E-state index contributed by atoms with van der Waals surface area (Å²) in [6, 6.07) is 21.3. The molecule has 0 spiro atoms. The molecule has 0 saturated carbocycles. The first-order chi connectivity index (χ1) is 15.2. The molecule has 0 unspecified atom stereocenters. The van der Waals surface area contributed by atoms with E-state index in [2.05, 4.69) is 15.0 Å². The number of fused-ring (bicyclic) bond motifs is 1. The number of nitrogens with one attached hydrogen (secondary N) is 1. The summed E-state index contributed by atoms with van der Waals surface area (Å²) in [7, 11) is 0. The summed E-state index contributed by atoms with van der Waals surface area (Å²) in [5, 5.41) is 0. The Bertz CT molecular complexity index is 1360. The lowest BCUT2D eigenvalue weighted by Gasteiger charge is -2.13. The minimum Gasteiger partial charge on any atom is -0.354 e. The molecule has 0 saturated heterocycles. The lowest BCUT2D eigenvalue weighted by Crippen LogP contribution is -2.18. The topological polar surface area (TPSA) is 63.6 Å². The second-order valence-corrected chi connectivity index (χ2v) is 7.42. The third kappa shape index (κ3) is 3.88. The first-order valence-electron chi connectivity index (χ1n) is 9.99. The lowest BCUT2D eigenvalue weighted by molar-refractivity contribution is 0.619. The standard InChI is InChI=1S/C25H19FN4O/c26-20-11-18(14-27-15-20)13-22-25(31)30-16-23(19-9-5-2-6-10-19)28-21(24(30)29-22)12-17-7-3-1-4-8-17/h1-11,14-16,28H,12-13H2. The van der Waals surface area contributed by atoms with Crippen molar-refractivity contribution < 1.29 is 4.39 Å². The van der Waals surface area contributed by atoms with Crippen molar-refractivity contribution in [3.63, 3.8) is 0 Å². The van der Waals surface area contributed by atoms with Gasteiger partial charge in [0, 0.05) is 25.2 Å². The molecule has 2 aliphatic heterocycles. The normalized spacial score (nSPS) is 11.1. The van der Waals surface area contributed by atoms with Crippen molar-refractivity contribution in [2.45, 2.75) is 12.8 Å². The maximum Gasteiger partial charge on any atom is 0.278 e. The Hall–Kier alpha value is -4.06. The summed E-state index contributed by atoms with van der Waals surface area (Å²) >= 11 is 0. The number of imidazole rings is 1. The smallest absolute Gasteiger partial charge is 0.278 e. The fourth-order valence-electron chi connectivity index (χ4n) is 3.73. The van der Waals surface area contributed by atoms with Crippen molar-refractivity contribution >= 4 is 0 Å². The van der Waals surface area contributed by atoms with Crippen LogP contribution in [0.25, 0.3) is 17.1 Å². The monoisotopic (exact) mass is 410 g/mol. The number of H-pyrrole nitrogens is 1. The number of hydrogen-bond donors (Lipinski definition) is 1. The number of halogens is 1. The third-order valence-corrected chi connectivity index (χ3v) is 5.19. The van der Waals surface area contributed by atoms with Crippen molar-refractivity contribution in [2.75, 3.05) is 0 Å². The highest BCUT2D eigenvalue weighted by Gasteiger charge is 2.20. The molecule has 5 nitrogen and oxygen atoms in total. The van der Waals surface area contributed by atoms with Crippen LogP contribution in [0.3, 0.4) is 0 Å². The summed E-state index contributed by atoms with van der Waals surface area (Å²) in [4.78, 5) is 25.2. The van der Waals surface area contributed by atoms with Crippen molar-refractivity contribution in [1.82, 2.24) is 19.5 Å². The Morgan fingerprint density at radius 3 is 2.39 bits per heavy atom. The van der Waals surface area contributed by atoms with Crippen LogP contribution in [0.4, 0.5) is 4.39 Å². The van der Waals surface area contributed by atoms with Gasteiger partial charge in [0.2, 0.25) is 0 Å². The quantitative estimate of drug-likeness (QED) is 0.468. The molecule has 2 aliphatic rings. The average Bonchev–Trinajstić information content (AvgIpc) is 3.11. The zero-order valence-corrected chi connectivity index (χ0v) is 16.6. The highest BCUT2D eigenvalue weighted by atomic mass is 19.1. The molecular weight excluding hydrogens is 391 g/mol. The number of aromatic nitrogens is 4. The second-order valence-electron chi connectivity index (χ2n) is 7.42. The number of rotatable bonds is 5. The minimum absolute atomic E-state index is 0.209. The maximum absolute atomic E-state index is 13.6. The summed E-state index contributed by atoms with van der Waals surface area (Å²) in [5.41, 5.74) is 4.51. The molecule has 6 heteroatoms. The van der Waals surface area contributed by atoms with Crippen LogP contribution < -0.4 is 5.56 Å². The number of nitrogens with zero attached hydrogens (tertiary/aromatic N) is 3. The van der Waals surface area contributed by atoms with Gasteiger partial charge in [-0.3, -0.25) is 14.3 Å². The van der Waals surface area contributed by atoms with E-state index in [0.29, 0.717) is 23.5 Å². The fraction of sp³-hybridized carbons (Fsp3) is 0.0800. The largest absolute Gasteiger partial charge is 0.354 e. The molecule has 1 aromatic heterocycles. The molecule has 0 amide bonds. The van der Waals surface area contributed by atoms with Crippen LogP contribution in [0.15, 0.2) is 90.1 Å². The van der Waals surface area contributed by atoms with Gasteiger partial charge in [-0.2, -0.15) is 0 Å². The van der Waals surface area contributed by atoms with Gasteiger partial charge in [-0.05, 0) is 22.8 Å². The summed E-state index contributed by atoms with van der Waals surface area (Å²) in [6.45, 7) is 0. The predicted octanol–water partition coefficient (Wildman–Crippen LogP) is 4.38. The van der Waals surface area contributed by atoms with Gasteiger partial charge in [-0.1, -0.05) is 60.7 Å².